The van der Waals surface area contributed by atoms with Gasteiger partial charge in [-0.1, -0.05) is 24.3 Å². The van der Waals surface area contributed by atoms with Crippen molar-refractivity contribution in [3.05, 3.63) is 59.2 Å². The molecule has 4 heteroatoms. The maximum atomic E-state index is 12.8. The number of benzene rings is 2. The van der Waals surface area contributed by atoms with Crippen LogP contribution >= 0.6 is 0 Å². The fourth-order valence-corrected chi connectivity index (χ4v) is 2.57. The summed E-state index contributed by atoms with van der Waals surface area (Å²) in [5.74, 6) is 0.0727. The Morgan fingerprint density at radius 1 is 1.24 bits per heavy atom. The molecule has 21 heavy (non-hydrogen) atoms. The van der Waals surface area contributed by atoms with Gasteiger partial charge in [0.1, 0.15) is 5.75 Å². The third-order valence-electron chi connectivity index (χ3n) is 3.81. The van der Waals surface area contributed by atoms with Gasteiger partial charge in [-0.15, -0.1) is 0 Å². The predicted octanol–water partition coefficient (Wildman–Crippen LogP) is 2.45. The first-order valence-corrected chi connectivity index (χ1v) is 7.07. The van der Waals surface area contributed by atoms with E-state index in [9.17, 15) is 9.90 Å². The van der Waals surface area contributed by atoms with Crippen molar-refractivity contribution in [3.8, 4) is 5.75 Å². The van der Waals surface area contributed by atoms with Crippen LogP contribution in [-0.2, 0) is 6.54 Å². The standard InChI is InChI=1S/C17H18N2O2/c1-12-6-7-13(10-16(12)20)17(21)19-9-8-18-11-14-4-2-3-5-15(14)19/h2-7,10,18,20H,8-9,11H2,1H3. The van der Waals surface area contributed by atoms with Crippen molar-refractivity contribution in [2.45, 2.75) is 13.5 Å². The number of para-hydroxylation sites is 1. The van der Waals surface area contributed by atoms with Crippen molar-refractivity contribution in [2.24, 2.45) is 0 Å². The normalized spacial score (nSPS) is 14.4. The van der Waals surface area contributed by atoms with E-state index in [0.717, 1.165) is 29.9 Å². The van der Waals surface area contributed by atoms with Crippen LogP contribution in [0.25, 0.3) is 0 Å². The smallest absolute Gasteiger partial charge is 0.258 e. The van der Waals surface area contributed by atoms with Gasteiger partial charge in [0.05, 0.1) is 0 Å². The molecule has 3 rings (SSSR count). The van der Waals surface area contributed by atoms with Crippen molar-refractivity contribution in [3.63, 3.8) is 0 Å². The second-order valence-electron chi connectivity index (χ2n) is 5.26. The molecule has 0 saturated heterocycles. The number of aromatic hydroxyl groups is 1. The van der Waals surface area contributed by atoms with E-state index in [1.807, 2.05) is 31.2 Å². The predicted molar refractivity (Wildman–Crippen MR) is 82.7 cm³/mol. The molecule has 4 nitrogen and oxygen atoms in total. The Balaban J connectivity index is 1.99. The monoisotopic (exact) mass is 282 g/mol. The van der Waals surface area contributed by atoms with E-state index in [4.69, 9.17) is 0 Å². The van der Waals surface area contributed by atoms with Crippen LogP contribution in [0.1, 0.15) is 21.5 Å². The molecule has 0 aromatic heterocycles. The van der Waals surface area contributed by atoms with E-state index < -0.39 is 0 Å². The molecule has 1 heterocycles. The van der Waals surface area contributed by atoms with Crippen molar-refractivity contribution >= 4 is 11.6 Å². The van der Waals surface area contributed by atoms with Crippen LogP contribution in [0.2, 0.25) is 0 Å². The molecule has 0 unspecified atom stereocenters. The molecule has 1 aliphatic heterocycles. The Morgan fingerprint density at radius 2 is 2.05 bits per heavy atom. The first-order chi connectivity index (χ1) is 10.2. The quantitative estimate of drug-likeness (QED) is 0.844. The van der Waals surface area contributed by atoms with E-state index in [0.29, 0.717) is 12.1 Å². The zero-order chi connectivity index (χ0) is 14.8. The van der Waals surface area contributed by atoms with Gasteiger partial charge in [0, 0.05) is 30.9 Å². The number of phenols is 1. The zero-order valence-corrected chi connectivity index (χ0v) is 12.0. The van der Waals surface area contributed by atoms with Crippen molar-refractivity contribution in [2.75, 3.05) is 18.0 Å². The minimum atomic E-state index is -0.0820. The highest BCUT2D eigenvalue weighted by Gasteiger charge is 2.22. The van der Waals surface area contributed by atoms with Crippen LogP contribution in [0.5, 0.6) is 5.75 Å². The molecule has 0 spiro atoms. The number of aryl methyl sites for hydroxylation is 1. The second kappa shape index (κ2) is 5.58. The van der Waals surface area contributed by atoms with Crippen LogP contribution in [0.4, 0.5) is 5.69 Å². The average molecular weight is 282 g/mol. The molecule has 0 aliphatic carbocycles. The fraction of sp³-hybridized carbons (Fsp3) is 0.235. The van der Waals surface area contributed by atoms with Gasteiger partial charge in [-0.2, -0.15) is 0 Å². The summed E-state index contributed by atoms with van der Waals surface area (Å²) < 4.78 is 0. The van der Waals surface area contributed by atoms with Crippen LogP contribution in [0, 0.1) is 6.92 Å². The lowest BCUT2D eigenvalue weighted by Gasteiger charge is -2.22. The van der Waals surface area contributed by atoms with E-state index >= 15 is 0 Å². The third-order valence-corrected chi connectivity index (χ3v) is 3.81. The SMILES string of the molecule is Cc1ccc(C(=O)N2CCNCc3ccccc32)cc1O. The number of nitrogens with zero attached hydrogens (tertiary/aromatic N) is 1. The van der Waals surface area contributed by atoms with Gasteiger partial charge in [-0.05, 0) is 36.2 Å². The van der Waals surface area contributed by atoms with Crippen LogP contribution in [-0.4, -0.2) is 24.1 Å². The summed E-state index contributed by atoms with van der Waals surface area (Å²) >= 11 is 0. The third kappa shape index (κ3) is 2.62. The molecule has 2 aromatic rings. The average Bonchev–Trinajstić information content (AvgIpc) is 2.71. The van der Waals surface area contributed by atoms with Gasteiger partial charge < -0.3 is 15.3 Å². The summed E-state index contributed by atoms with van der Waals surface area (Å²) in [6.07, 6.45) is 0. The van der Waals surface area contributed by atoms with Gasteiger partial charge in [0.2, 0.25) is 0 Å². The number of hydrogen-bond donors (Lipinski definition) is 2. The lowest BCUT2D eigenvalue weighted by molar-refractivity contribution is 0.0987. The lowest BCUT2D eigenvalue weighted by atomic mass is 10.1. The number of nitrogens with one attached hydrogen (secondary N) is 1. The topological polar surface area (TPSA) is 52.6 Å². The number of hydrogen-bond acceptors (Lipinski definition) is 3. The Kier molecular flexibility index (Phi) is 3.62. The molecule has 2 N–H and O–H groups in total. The van der Waals surface area contributed by atoms with E-state index in [2.05, 4.69) is 5.32 Å². The Morgan fingerprint density at radius 3 is 2.86 bits per heavy atom. The lowest BCUT2D eigenvalue weighted by Crippen LogP contribution is -2.34. The first kappa shape index (κ1) is 13.6. The molecule has 0 fully saturated rings. The van der Waals surface area contributed by atoms with E-state index in [-0.39, 0.29) is 11.7 Å². The molecule has 1 amide bonds. The van der Waals surface area contributed by atoms with Crippen LogP contribution < -0.4 is 10.2 Å². The minimum absolute atomic E-state index is 0.0820. The van der Waals surface area contributed by atoms with Crippen molar-refractivity contribution < 1.29 is 9.90 Å². The number of carbonyl (C=O) groups is 1. The number of phenolic OH excluding ortho intramolecular Hbond substituents is 1. The number of anilines is 1. The Bertz CT molecular complexity index is 682. The molecular weight excluding hydrogens is 264 g/mol. The molecule has 0 saturated carbocycles. The Hall–Kier alpha value is -2.33. The zero-order valence-electron chi connectivity index (χ0n) is 12.0. The second-order valence-corrected chi connectivity index (χ2v) is 5.26. The maximum Gasteiger partial charge on any atom is 0.258 e. The number of carbonyl (C=O) groups excluding carboxylic acids is 1. The highest BCUT2D eigenvalue weighted by atomic mass is 16.3. The summed E-state index contributed by atoms with van der Waals surface area (Å²) in [5, 5.41) is 13.1. The molecule has 108 valence electrons. The summed E-state index contributed by atoms with van der Waals surface area (Å²) in [6, 6.07) is 13.0. The molecule has 1 aliphatic rings. The van der Waals surface area contributed by atoms with Gasteiger partial charge >= 0.3 is 0 Å². The highest BCUT2D eigenvalue weighted by Crippen LogP contribution is 2.25. The molecule has 0 atom stereocenters. The molecular formula is C17H18N2O2. The molecule has 0 bridgehead atoms. The molecule has 2 aromatic carbocycles. The summed E-state index contributed by atoms with van der Waals surface area (Å²) in [4.78, 5) is 14.5. The maximum absolute atomic E-state index is 12.8. The van der Waals surface area contributed by atoms with Crippen molar-refractivity contribution in [1.82, 2.24) is 5.32 Å². The number of fused-ring (bicyclic) bond motifs is 1. The van der Waals surface area contributed by atoms with E-state index in [1.165, 1.54) is 0 Å². The van der Waals surface area contributed by atoms with Crippen LogP contribution in [0.3, 0.4) is 0 Å². The summed E-state index contributed by atoms with van der Waals surface area (Å²) in [7, 11) is 0. The van der Waals surface area contributed by atoms with Gasteiger partial charge in [0.25, 0.3) is 5.91 Å². The summed E-state index contributed by atoms with van der Waals surface area (Å²) in [5.41, 5.74) is 3.33. The summed E-state index contributed by atoms with van der Waals surface area (Å²) in [6.45, 7) is 3.94. The van der Waals surface area contributed by atoms with Crippen molar-refractivity contribution in [1.29, 1.82) is 0 Å². The van der Waals surface area contributed by atoms with Gasteiger partial charge in [0.15, 0.2) is 0 Å². The largest absolute Gasteiger partial charge is 0.508 e. The molecule has 0 radical (unpaired) electrons. The minimum Gasteiger partial charge on any atom is -0.508 e. The number of amides is 1. The van der Waals surface area contributed by atoms with Gasteiger partial charge in [-0.3, -0.25) is 4.79 Å². The highest BCUT2D eigenvalue weighted by molar-refractivity contribution is 6.06. The van der Waals surface area contributed by atoms with Crippen LogP contribution in [0.15, 0.2) is 42.5 Å². The fourth-order valence-electron chi connectivity index (χ4n) is 2.57. The van der Waals surface area contributed by atoms with E-state index in [1.54, 1.807) is 23.1 Å². The van der Waals surface area contributed by atoms with Gasteiger partial charge in [-0.25, -0.2) is 0 Å². The number of rotatable bonds is 1. The Labute approximate surface area is 124 Å². The first-order valence-electron chi connectivity index (χ1n) is 7.07.